The predicted molar refractivity (Wildman–Crippen MR) is 58.3 cm³/mol. The lowest BCUT2D eigenvalue weighted by Crippen LogP contribution is -2.07. The molecule has 2 N–H and O–H groups in total. The van der Waals surface area contributed by atoms with Crippen LogP contribution in [-0.2, 0) is 6.54 Å². The standard InChI is InChI=1S/C11H17NO3/c1-12-8-9-3-4-10(14-2)11(7-9)15-6-5-13/h3-4,7,12-13H,5-6,8H2,1-2H3. The molecule has 0 heterocycles. The van der Waals surface area contributed by atoms with Crippen molar-refractivity contribution >= 4 is 0 Å². The van der Waals surface area contributed by atoms with Crippen LogP contribution in [0, 0.1) is 0 Å². The van der Waals surface area contributed by atoms with Gasteiger partial charge in [0.25, 0.3) is 0 Å². The van der Waals surface area contributed by atoms with Gasteiger partial charge in [-0.15, -0.1) is 0 Å². The van der Waals surface area contributed by atoms with Crippen molar-refractivity contribution in [3.63, 3.8) is 0 Å². The van der Waals surface area contributed by atoms with Crippen molar-refractivity contribution in [1.29, 1.82) is 0 Å². The normalized spacial score (nSPS) is 10.1. The molecule has 4 nitrogen and oxygen atoms in total. The van der Waals surface area contributed by atoms with Gasteiger partial charge in [-0.3, -0.25) is 0 Å². The lowest BCUT2D eigenvalue weighted by molar-refractivity contribution is 0.196. The number of ether oxygens (including phenoxy) is 2. The summed E-state index contributed by atoms with van der Waals surface area (Å²) >= 11 is 0. The van der Waals surface area contributed by atoms with Crippen molar-refractivity contribution in [3.05, 3.63) is 23.8 Å². The second-order valence-electron chi connectivity index (χ2n) is 3.09. The molecular formula is C11H17NO3. The Hall–Kier alpha value is -1.26. The molecule has 0 atom stereocenters. The van der Waals surface area contributed by atoms with Crippen molar-refractivity contribution in [3.8, 4) is 11.5 Å². The Balaban J connectivity index is 2.81. The highest BCUT2D eigenvalue weighted by Gasteiger charge is 2.04. The highest BCUT2D eigenvalue weighted by Crippen LogP contribution is 2.27. The summed E-state index contributed by atoms with van der Waals surface area (Å²) in [5.41, 5.74) is 1.12. The summed E-state index contributed by atoms with van der Waals surface area (Å²) in [6, 6.07) is 5.74. The minimum absolute atomic E-state index is 0.000586. The van der Waals surface area contributed by atoms with E-state index in [0.717, 1.165) is 12.1 Å². The Bertz CT molecular complexity index is 302. The van der Waals surface area contributed by atoms with Crippen LogP contribution in [0.2, 0.25) is 0 Å². The Labute approximate surface area is 89.8 Å². The Morgan fingerprint density at radius 3 is 2.73 bits per heavy atom. The maximum absolute atomic E-state index is 8.69. The molecule has 1 aromatic carbocycles. The van der Waals surface area contributed by atoms with Crippen LogP contribution < -0.4 is 14.8 Å². The molecule has 84 valence electrons. The van der Waals surface area contributed by atoms with Crippen LogP contribution >= 0.6 is 0 Å². The monoisotopic (exact) mass is 211 g/mol. The molecule has 1 aromatic rings. The van der Waals surface area contributed by atoms with Crippen LogP contribution in [0.1, 0.15) is 5.56 Å². The number of benzene rings is 1. The molecule has 0 unspecified atom stereocenters. The van der Waals surface area contributed by atoms with Crippen LogP contribution in [0.4, 0.5) is 0 Å². The minimum Gasteiger partial charge on any atom is -0.493 e. The first-order valence-electron chi connectivity index (χ1n) is 4.87. The van der Waals surface area contributed by atoms with Gasteiger partial charge >= 0.3 is 0 Å². The quantitative estimate of drug-likeness (QED) is 0.730. The smallest absolute Gasteiger partial charge is 0.161 e. The van der Waals surface area contributed by atoms with E-state index in [4.69, 9.17) is 14.6 Å². The fourth-order valence-corrected chi connectivity index (χ4v) is 1.30. The zero-order valence-electron chi connectivity index (χ0n) is 9.12. The van der Waals surface area contributed by atoms with Crippen LogP contribution in [0.3, 0.4) is 0 Å². The third kappa shape index (κ3) is 3.42. The number of nitrogens with one attached hydrogen (secondary N) is 1. The van der Waals surface area contributed by atoms with Gasteiger partial charge in [0.1, 0.15) is 6.61 Å². The van der Waals surface area contributed by atoms with Gasteiger partial charge in [0, 0.05) is 6.54 Å². The molecule has 0 spiro atoms. The molecule has 0 saturated heterocycles. The summed E-state index contributed by atoms with van der Waals surface area (Å²) in [6.45, 7) is 1.05. The van der Waals surface area contributed by atoms with E-state index >= 15 is 0 Å². The van der Waals surface area contributed by atoms with E-state index in [-0.39, 0.29) is 13.2 Å². The van der Waals surface area contributed by atoms with E-state index in [2.05, 4.69) is 5.32 Å². The van der Waals surface area contributed by atoms with Crippen LogP contribution in [-0.4, -0.2) is 32.5 Å². The van der Waals surface area contributed by atoms with Crippen molar-refractivity contribution in [2.24, 2.45) is 0 Å². The molecule has 0 radical (unpaired) electrons. The predicted octanol–water partition coefficient (Wildman–Crippen LogP) is 0.786. The maximum Gasteiger partial charge on any atom is 0.161 e. The van der Waals surface area contributed by atoms with Gasteiger partial charge in [-0.2, -0.15) is 0 Å². The van der Waals surface area contributed by atoms with E-state index < -0.39 is 0 Å². The van der Waals surface area contributed by atoms with Crippen LogP contribution in [0.5, 0.6) is 11.5 Å². The summed E-state index contributed by atoms with van der Waals surface area (Å²) in [5, 5.41) is 11.7. The number of hydrogen-bond acceptors (Lipinski definition) is 4. The molecule has 0 aromatic heterocycles. The van der Waals surface area contributed by atoms with Gasteiger partial charge in [-0.25, -0.2) is 0 Å². The molecule has 0 saturated carbocycles. The maximum atomic E-state index is 8.69. The molecule has 0 amide bonds. The number of rotatable bonds is 6. The average molecular weight is 211 g/mol. The highest BCUT2D eigenvalue weighted by atomic mass is 16.5. The van der Waals surface area contributed by atoms with Crippen LogP contribution in [0.15, 0.2) is 18.2 Å². The van der Waals surface area contributed by atoms with E-state index in [1.54, 1.807) is 7.11 Å². The van der Waals surface area contributed by atoms with Crippen molar-refractivity contribution in [2.75, 3.05) is 27.4 Å². The van der Waals surface area contributed by atoms with Gasteiger partial charge in [0.15, 0.2) is 11.5 Å². The Morgan fingerprint density at radius 1 is 1.33 bits per heavy atom. The second-order valence-corrected chi connectivity index (χ2v) is 3.09. The van der Waals surface area contributed by atoms with E-state index in [9.17, 15) is 0 Å². The third-order valence-electron chi connectivity index (χ3n) is 1.96. The van der Waals surface area contributed by atoms with Crippen molar-refractivity contribution in [1.82, 2.24) is 5.32 Å². The molecule has 0 aliphatic heterocycles. The van der Waals surface area contributed by atoms with E-state index in [0.29, 0.717) is 11.5 Å². The van der Waals surface area contributed by atoms with E-state index in [1.807, 2.05) is 25.2 Å². The number of hydrogen-bond donors (Lipinski definition) is 2. The average Bonchev–Trinajstić information content (AvgIpc) is 2.27. The SMILES string of the molecule is CNCc1ccc(OC)c(OCCO)c1. The largest absolute Gasteiger partial charge is 0.493 e. The zero-order valence-corrected chi connectivity index (χ0v) is 9.12. The summed E-state index contributed by atoms with van der Waals surface area (Å²) in [6.07, 6.45) is 0. The molecule has 0 bridgehead atoms. The minimum atomic E-state index is -0.000586. The molecule has 0 fully saturated rings. The van der Waals surface area contributed by atoms with Gasteiger partial charge in [0.2, 0.25) is 0 Å². The summed E-state index contributed by atoms with van der Waals surface area (Å²) < 4.78 is 10.5. The molecule has 0 aliphatic carbocycles. The first-order chi connectivity index (χ1) is 7.31. The van der Waals surface area contributed by atoms with Crippen molar-refractivity contribution in [2.45, 2.75) is 6.54 Å². The highest BCUT2D eigenvalue weighted by molar-refractivity contribution is 5.42. The number of methoxy groups -OCH3 is 1. The number of aliphatic hydroxyl groups excluding tert-OH is 1. The van der Waals surface area contributed by atoms with Crippen LogP contribution in [0.25, 0.3) is 0 Å². The fraction of sp³-hybridized carbons (Fsp3) is 0.455. The van der Waals surface area contributed by atoms with Gasteiger partial charge < -0.3 is 19.9 Å². The Kier molecular flexibility index (Phi) is 4.93. The molecule has 15 heavy (non-hydrogen) atoms. The van der Waals surface area contributed by atoms with E-state index in [1.165, 1.54) is 0 Å². The van der Waals surface area contributed by atoms with Gasteiger partial charge in [-0.05, 0) is 24.7 Å². The topological polar surface area (TPSA) is 50.7 Å². The lowest BCUT2D eigenvalue weighted by atomic mass is 10.2. The first-order valence-corrected chi connectivity index (χ1v) is 4.87. The molecule has 1 rings (SSSR count). The van der Waals surface area contributed by atoms with Gasteiger partial charge in [-0.1, -0.05) is 6.07 Å². The zero-order chi connectivity index (χ0) is 11.1. The fourth-order valence-electron chi connectivity index (χ4n) is 1.30. The number of aliphatic hydroxyl groups is 1. The summed E-state index contributed by atoms with van der Waals surface area (Å²) in [7, 11) is 3.48. The van der Waals surface area contributed by atoms with Crippen molar-refractivity contribution < 1.29 is 14.6 Å². The summed E-state index contributed by atoms with van der Waals surface area (Å²) in [4.78, 5) is 0. The lowest BCUT2D eigenvalue weighted by Gasteiger charge is -2.11. The summed E-state index contributed by atoms with van der Waals surface area (Å²) in [5.74, 6) is 1.35. The molecule has 4 heteroatoms. The second kappa shape index (κ2) is 6.27. The molecule has 0 aliphatic rings. The third-order valence-corrected chi connectivity index (χ3v) is 1.96. The van der Waals surface area contributed by atoms with Gasteiger partial charge in [0.05, 0.1) is 13.7 Å². The molecular weight excluding hydrogens is 194 g/mol. The Morgan fingerprint density at radius 2 is 2.13 bits per heavy atom. The first kappa shape index (κ1) is 11.8.